The molecule has 3 spiro atoms. The van der Waals surface area contributed by atoms with Gasteiger partial charge in [-0.2, -0.15) is 0 Å². The summed E-state index contributed by atoms with van der Waals surface area (Å²) in [7, 11) is 0. The molecule has 1 unspecified atom stereocenters. The molecule has 2 fully saturated rings. The van der Waals surface area contributed by atoms with Gasteiger partial charge in [-0.1, -0.05) is 34.2 Å². The molecule has 1 aromatic rings. The van der Waals surface area contributed by atoms with E-state index in [1.165, 1.54) is 11.1 Å². The van der Waals surface area contributed by atoms with Crippen LogP contribution in [0.25, 0.3) is 0 Å². The first-order valence-corrected chi connectivity index (χ1v) is 10.1. The van der Waals surface area contributed by atoms with Crippen LogP contribution < -0.4 is 5.32 Å². The van der Waals surface area contributed by atoms with E-state index in [-0.39, 0.29) is 11.2 Å². The van der Waals surface area contributed by atoms with E-state index in [0.29, 0.717) is 13.2 Å². The number of rotatable bonds is 0. The van der Waals surface area contributed by atoms with Crippen molar-refractivity contribution in [3.63, 3.8) is 0 Å². The molecule has 1 saturated heterocycles. The van der Waals surface area contributed by atoms with Crippen LogP contribution in [0.15, 0.2) is 27.7 Å². The number of halogens is 1. The van der Waals surface area contributed by atoms with Gasteiger partial charge < -0.3 is 14.8 Å². The minimum atomic E-state index is -0.437. The highest BCUT2D eigenvalue weighted by molar-refractivity contribution is 9.10. The van der Waals surface area contributed by atoms with Crippen molar-refractivity contribution in [2.45, 2.75) is 50.5 Å². The number of fused-ring (bicyclic) bond motifs is 3. The highest BCUT2D eigenvalue weighted by Gasteiger charge is 2.63. The lowest BCUT2D eigenvalue weighted by Gasteiger charge is -2.48. The first-order chi connectivity index (χ1) is 12.0. The van der Waals surface area contributed by atoms with Gasteiger partial charge in [0.1, 0.15) is 4.99 Å². The predicted octanol–water partition coefficient (Wildman–Crippen LogP) is 3.85. The van der Waals surface area contributed by atoms with E-state index in [2.05, 4.69) is 39.4 Å². The second-order valence-electron chi connectivity index (χ2n) is 7.73. The van der Waals surface area contributed by atoms with E-state index in [0.717, 1.165) is 47.3 Å². The highest BCUT2D eigenvalue weighted by atomic mass is 79.9. The molecule has 6 heteroatoms. The van der Waals surface area contributed by atoms with Crippen LogP contribution in [0, 0.1) is 5.41 Å². The molecule has 2 heterocycles. The zero-order valence-corrected chi connectivity index (χ0v) is 16.6. The summed E-state index contributed by atoms with van der Waals surface area (Å²) in [6, 6.07) is 6.58. The van der Waals surface area contributed by atoms with Gasteiger partial charge in [-0.3, -0.25) is 4.99 Å². The average molecular weight is 421 g/mol. The quantitative estimate of drug-likeness (QED) is 0.647. The summed E-state index contributed by atoms with van der Waals surface area (Å²) < 4.78 is 13.0. The van der Waals surface area contributed by atoms with Crippen LogP contribution in [-0.4, -0.2) is 29.7 Å². The molecule has 4 aliphatic rings. The number of benzene rings is 1. The molecule has 1 aromatic carbocycles. The standard InChI is InChI=1S/C19H21BrN2O2S/c1-12-16(25)22-19(21-12)15-10-14(20)3-2-13(15)11-17(19)4-6-18(7-5-17)23-8-9-24-18/h2-3,10H,4-9,11H2,1H3,(H,22,25). The van der Waals surface area contributed by atoms with Gasteiger partial charge in [-0.25, -0.2) is 0 Å². The summed E-state index contributed by atoms with van der Waals surface area (Å²) in [5.41, 5.74) is 3.17. The summed E-state index contributed by atoms with van der Waals surface area (Å²) in [5, 5.41) is 3.63. The van der Waals surface area contributed by atoms with Gasteiger partial charge in [0, 0.05) is 28.3 Å². The van der Waals surface area contributed by atoms with Crippen LogP contribution in [0.3, 0.4) is 0 Å². The van der Waals surface area contributed by atoms with Crippen LogP contribution >= 0.6 is 28.1 Å². The minimum Gasteiger partial charge on any atom is -0.348 e. The Morgan fingerprint density at radius 2 is 1.88 bits per heavy atom. The molecule has 1 saturated carbocycles. The number of aliphatic imine (C=N–C) groups is 1. The van der Waals surface area contributed by atoms with E-state index in [9.17, 15) is 0 Å². The molecule has 25 heavy (non-hydrogen) atoms. The minimum absolute atomic E-state index is 0.0263. The third-order valence-corrected chi connectivity index (χ3v) is 7.39. The van der Waals surface area contributed by atoms with Gasteiger partial charge in [-0.15, -0.1) is 0 Å². The Labute approximate surface area is 161 Å². The van der Waals surface area contributed by atoms with Crippen molar-refractivity contribution < 1.29 is 9.47 Å². The number of hydrogen-bond acceptors (Lipinski definition) is 4. The lowest BCUT2D eigenvalue weighted by atomic mass is 9.64. The molecule has 2 aliphatic carbocycles. The van der Waals surface area contributed by atoms with Crippen molar-refractivity contribution in [2.24, 2.45) is 10.4 Å². The van der Waals surface area contributed by atoms with Crippen molar-refractivity contribution >= 4 is 38.8 Å². The predicted molar refractivity (Wildman–Crippen MR) is 104 cm³/mol. The molecule has 0 radical (unpaired) electrons. The lowest BCUT2D eigenvalue weighted by molar-refractivity contribution is -0.197. The maximum Gasteiger partial charge on any atom is 0.168 e. The number of nitrogens with one attached hydrogen (secondary N) is 1. The van der Waals surface area contributed by atoms with Crippen molar-refractivity contribution in [2.75, 3.05) is 13.2 Å². The third kappa shape index (κ3) is 2.17. The smallest absolute Gasteiger partial charge is 0.168 e. The van der Waals surface area contributed by atoms with E-state index < -0.39 is 5.66 Å². The lowest BCUT2D eigenvalue weighted by Crippen LogP contribution is -2.54. The zero-order valence-electron chi connectivity index (χ0n) is 14.2. The Balaban J connectivity index is 1.60. The fourth-order valence-electron chi connectivity index (χ4n) is 5.22. The Bertz CT molecular complexity index is 793. The SMILES string of the molecule is CC1=NC2(NC1=S)c1cc(Br)ccc1CC21CCC2(CC1)OCCO2. The van der Waals surface area contributed by atoms with Crippen LogP contribution in [0.4, 0.5) is 0 Å². The first kappa shape index (κ1) is 16.4. The van der Waals surface area contributed by atoms with Crippen molar-refractivity contribution in [1.29, 1.82) is 0 Å². The molecular weight excluding hydrogens is 400 g/mol. The number of nitrogens with zero attached hydrogens (tertiary/aromatic N) is 1. The van der Waals surface area contributed by atoms with Crippen LogP contribution in [0.5, 0.6) is 0 Å². The molecule has 1 N–H and O–H groups in total. The summed E-state index contributed by atoms with van der Waals surface area (Å²) >= 11 is 9.20. The normalized spacial score (nSPS) is 31.6. The molecule has 2 aliphatic heterocycles. The molecule has 0 amide bonds. The Kier molecular flexibility index (Phi) is 3.50. The van der Waals surface area contributed by atoms with Crippen molar-refractivity contribution in [1.82, 2.24) is 5.32 Å². The Hall–Kier alpha value is -0.820. The van der Waals surface area contributed by atoms with Crippen LogP contribution in [0.1, 0.15) is 43.7 Å². The summed E-state index contributed by atoms with van der Waals surface area (Å²) in [4.78, 5) is 5.92. The molecule has 5 rings (SSSR count). The van der Waals surface area contributed by atoms with Crippen molar-refractivity contribution in [3.8, 4) is 0 Å². The summed E-state index contributed by atoms with van der Waals surface area (Å²) in [5.74, 6) is -0.361. The zero-order chi connectivity index (χ0) is 17.3. The van der Waals surface area contributed by atoms with Gasteiger partial charge in [0.25, 0.3) is 0 Å². The van der Waals surface area contributed by atoms with E-state index in [1.54, 1.807) is 0 Å². The fourth-order valence-corrected chi connectivity index (χ4v) is 5.77. The summed E-state index contributed by atoms with van der Waals surface area (Å²) in [6.07, 6.45) is 4.91. The summed E-state index contributed by atoms with van der Waals surface area (Å²) in [6.45, 7) is 3.44. The van der Waals surface area contributed by atoms with Gasteiger partial charge in [0.05, 0.1) is 18.9 Å². The van der Waals surface area contributed by atoms with Gasteiger partial charge in [0.2, 0.25) is 0 Å². The Morgan fingerprint density at radius 3 is 2.52 bits per heavy atom. The molecule has 0 bridgehead atoms. The maximum atomic E-state index is 5.96. The monoisotopic (exact) mass is 420 g/mol. The molecule has 132 valence electrons. The van der Waals surface area contributed by atoms with Crippen LogP contribution in [0.2, 0.25) is 0 Å². The fraction of sp³-hybridized carbons (Fsp3) is 0.579. The molecule has 0 aromatic heterocycles. The van der Waals surface area contributed by atoms with E-state index >= 15 is 0 Å². The average Bonchev–Trinajstić information content (AvgIpc) is 3.23. The highest BCUT2D eigenvalue weighted by Crippen LogP contribution is 2.61. The van der Waals surface area contributed by atoms with Crippen LogP contribution in [-0.2, 0) is 21.6 Å². The molecular formula is C19H21BrN2O2S. The Morgan fingerprint density at radius 1 is 1.16 bits per heavy atom. The van der Waals surface area contributed by atoms with Gasteiger partial charge in [-0.05, 0) is 43.9 Å². The third-order valence-electron chi connectivity index (χ3n) is 6.50. The molecule has 1 atom stereocenters. The number of ether oxygens (including phenoxy) is 2. The van der Waals surface area contributed by atoms with E-state index in [1.807, 2.05) is 6.92 Å². The van der Waals surface area contributed by atoms with E-state index in [4.69, 9.17) is 26.7 Å². The maximum absolute atomic E-state index is 5.96. The van der Waals surface area contributed by atoms with Crippen molar-refractivity contribution in [3.05, 3.63) is 33.8 Å². The second kappa shape index (κ2) is 5.35. The molecule has 4 nitrogen and oxygen atoms in total. The number of thiocarbonyl (C=S) groups is 1. The largest absolute Gasteiger partial charge is 0.348 e. The topological polar surface area (TPSA) is 42.9 Å². The second-order valence-corrected chi connectivity index (χ2v) is 9.05. The first-order valence-electron chi connectivity index (χ1n) is 8.94. The van der Waals surface area contributed by atoms with Gasteiger partial charge in [0.15, 0.2) is 11.4 Å². The van der Waals surface area contributed by atoms with Gasteiger partial charge >= 0.3 is 0 Å². The number of hydrogen-bond donors (Lipinski definition) is 1.